The second-order valence-electron chi connectivity index (χ2n) is 16.3. The molecule has 2 saturated heterocycles. The number of imidazole rings is 1. The topological polar surface area (TPSA) is 224 Å². The number of benzene rings is 3. The summed E-state index contributed by atoms with van der Waals surface area (Å²) in [7, 11) is 0. The number of carbonyl (C=O) groups is 4. The second-order valence-corrected chi connectivity index (χ2v) is 16.3. The molecule has 63 heavy (non-hydrogen) atoms. The van der Waals surface area contributed by atoms with E-state index in [9.17, 15) is 19.2 Å². The molecule has 7 N–H and O–H groups in total. The number of nitrogens with zero attached hydrogens (tertiary/aromatic N) is 8. The molecule has 0 saturated carbocycles. The fourth-order valence-electron chi connectivity index (χ4n) is 8.17. The Kier molecular flexibility index (Phi) is 14.2. The Labute approximate surface area is 366 Å². The van der Waals surface area contributed by atoms with E-state index in [1.807, 2.05) is 54.7 Å². The number of aliphatic imine (C=N–C) groups is 1. The minimum Gasteiger partial charge on any atom is -0.351 e. The molecule has 4 amide bonds. The van der Waals surface area contributed by atoms with Gasteiger partial charge >= 0.3 is 0 Å². The normalized spacial score (nSPS) is 15.8. The number of hydrogen-bond acceptors (Lipinski definition) is 12. The van der Waals surface area contributed by atoms with E-state index in [1.165, 1.54) is 19.3 Å². The molecule has 18 nitrogen and oxygen atoms in total. The molecule has 5 aromatic rings. The number of carbonyl (C=O) groups excluding carboxylic acids is 4. The summed E-state index contributed by atoms with van der Waals surface area (Å²) in [5.74, 6) is -0.158. The minimum atomic E-state index is -0.389. The molecule has 0 aliphatic carbocycles. The van der Waals surface area contributed by atoms with Gasteiger partial charge in [0, 0.05) is 82.0 Å². The highest BCUT2D eigenvalue weighted by molar-refractivity contribution is 6.07. The van der Waals surface area contributed by atoms with Gasteiger partial charge in [0.1, 0.15) is 11.5 Å². The van der Waals surface area contributed by atoms with Crippen LogP contribution in [-0.2, 0) is 29.1 Å². The van der Waals surface area contributed by atoms with Gasteiger partial charge < -0.3 is 36.9 Å². The maximum Gasteiger partial charge on any atom is 0.251 e. The van der Waals surface area contributed by atoms with Crippen molar-refractivity contribution >= 4 is 46.1 Å². The summed E-state index contributed by atoms with van der Waals surface area (Å²) in [6.07, 6.45) is 6.26. The summed E-state index contributed by atoms with van der Waals surface area (Å²) in [5, 5.41) is 19.6. The molecule has 3 aliphatic rings. The van der Waals surface area contributed by atoms with Gasteiger partial charge in [-0.25, -0.2) is 4.98 Å². The van der Waals surface area contributed by atoms with Crippen LogP contribution in [0.5, 0.6) is 0 Å². The number of nitrogens with one attached hydrogen (secondary N) is 5. The second kappa shape index (κ2) is 20.7. The molecule has 3 aromatic carbocycles. The van der Waals surface area contributed by atoms with Crippen LogP contribution in [0.1, 0.15) is 56.8 Å². The van der Waals surface area contributed by atoms with Gasteiger partial charge in [-0.15, -0.1) is 5.10 Å². The number of aromatic amines is 1. The van der Waals surface area contributed by atoms with Crippen molar-refractivity contribution in [1.29, 1.82) is 0 Å². The van der Waals surface area contributed by atoms with Gasteiger partial charge in [0.15, 0.2) is 0 Å². The molecule has 0 atom stereocenters. The first kappa shape index (κ1) is 43.3. The fraction of sp³-hybridized carbons (Fsp3) is 0.422. The molecule has 0 bridgehead atoms. The first-order valence-corrected chi connectivity index (χ1v) is 21.9. The zero-order valence-electron chi connectivity index (χ0n) is 35.6. The van der Waals surface area contributed by atoms with Crippen LogP contribution >= 0.6 is 0 Å². The van der Waals surface area contributed by atoms with E-state index in [2.05, 4.69) is 63.4 Å². The molecule has 0 spiro atoms. The molecule has 0 radical (unpaired) electrons. The lowest BCUT2D eigenvalue weighted by Crippen LogP contribution is -2.49. The lowest BCUT2D eigenvalue weighted by molar-refractivity contribution is -0.125. The van der Waals surface area contributed by atoms with Crippen molar-refractivity contribution in [3.8, 4) is 11.4 Å². The quantitative estimate of drug-likeness (QED) is 0.0740. The Bertz CT molecular complexity index is 2430. The summed E-state index contributed by atoms with van der Waals surface area (Å²) in [6, 6.07) is 19.5. The molecule has 5 heterocycles. The Morgan fingerprint density at radius 3 is 2.08 bits per heavy atom. The largest absolute Gasteiger partial charge is 0.351 e. The van der Waals surface area contributed by atoms with E-state index in [0.29, 0.717) is 42.9 Å². The predicted molar refractivity (Wildman–Crippen MR) is 240 cm³/mol. The summed E-state index contributed by atoms with van der Waals surface area (Å²) in [6.45, 7) is 10.1. The average Bonchev–Trinajstić information content (AvgIpc) is 4.08. The summed E-state index contributed by atoms with van der Waals surface area (Å²) in [4.78, 5) is 69.4. The van der Waals surface area contributed by atoms with Crippen LogP contribution in [0.2, 0.25) is 0 Å². The molecule has 8 rings (SSSR count). The first-order chi connectivity index (χ1) is 30.8. The maximum atomic E-state index is 13.2. The zero-order chi connectivity index (χ0) is 43.5. The van der Waals surface area contributed by atoms with Crippen molar-refractivity contribution in [2.45, 2.75) is 38.8 Å². The fourth-order valence-corrected chi connectivity index (χ4v) is 8.17. The van der Waals surface area contributed by atoms with E-state index >= 15 is 0 Å². The lowest BCUT2D eigenvalue weighted by atomic mass is 10.0. The monoisotopic (exact) mass is 856 g/mol. The maximum absolute atomic E-state index is 13.2. The Balaban J connectivity index is 0.744. The smallest absolute Gasteiger partial charge is 0.251 e. The average molecular weight is 857 g/mol. The highest BCUT2D eigenvalue weighted by atomic mass is 16.2. The molecular formula is C45H56N14O4. The van der Waals surface area contributed by atoms with E-state index in [0.717, 1.165) is 104 Å². The van der Waals surface area contributed by atoms with Gasteiger partial charge in [-0.3, -0.25) is 38.7 Å². The number of likely N-dealkylation sites (tertiary alicyclic amines) is 1. The number of rotatable bonds is 18. The number of nitrogens with two attached hydrogens (primary N) is 1. The first-order valence-electron chi connectivity index (χ1n) is 21.9. The standard InChI is InChI=1S/C45H56N14O4/c46-27-41(60)50-29-42(61)49-28-36-30-59(55-54-36)23-22-58-20-18-57(19-21-58)17-13-48-45(63)34-9-11-38-40(25-34)53-43(52-38)32-6-4-31(5-7-32)39-26-35-24-33(8-10-37(35)51-39)44(62)47-12-16-56-14-2-1-3-15-56/h4-11,24-25,30H,1-3,12-23,26-29,46H2,(H,47,62)(H,48,63)(H,49,61)(H,50,60)(H,52,53). The van der Waals surface area contributed by atoms with Crippen LogP contribution in [0.15, 0.2) is 71.9 Å². The molecular weight excluding hydrogens is 801 g/mol. The number of amides is 4. The Morgan fingerprint density at radius 2 is 1.35 bits per heavy atom. The number of hydrogen-bond donors (Lipinski definition) is 6. The molecule has 2 aromatic heterocycles. The van der Waals surface area contributed by atoms with Gasteiger partial charge in [-0.1, -0.05) is 35.9 Å². The number of piperidine rings is 1. The highest BCUT2D eigenvalue weighted by Gasteiger charge is 2.21. The van der Waals surface area contributed by atoms with Crippen LogP contribution in [0.25, 0.3) is 22.4 Å². The van der Waals surface area contributed by atoms with E-state index in [1.54, 1.807) is 4.68 Å². The Hall–Kier alpha value is -6.34. The van der Waals surface area contributed by atoms with Crippen molar-refractivity contribution in [2.24, 2.45) is 10.7 Å². The van der Waals surface area contributed by atoms with Crippen LogP contribution in [0.3, 0.4) is 0 Å². The predicted octanol–water partition coefficient (Wildman–Crippen LogP) is 1.45. The molecule has 18 heteroatoms. The molecule has 0 unspecified atom stereocenters. The summed E-state index contributed by atoms with van der Waals surface area (Å²) < 4.78 is 1.77. The van der Waals surface area contributed by atoms with Gasteiger partial charge in [0.05, 0.1) is 54.8 Å². The van der Waals surface area contributed by atoms with Crippen LogP contribution in [0, 0.1) is 0 Å². The molecule has 2 fully saturated rings. The number of piperazine rings is 1. The summed E-state index contributed by atoms with van der Waals surface area (Å²) in [5.41, 5.74) is 13.6. The number of H-pyrrole nitrogens is 1. The van der Waals surface area contributed by atoms with Crippen molar-refractivity contribution in [3.05, 3.63) is 94.8 Å². The summed E-state index contributed by atoms with van der Waals surface area (Å²) >= 11 is 0. The Morgan fingerprint density at radius 1 is 0.683 bits per heavy atom. The lowest BCUT2D eigenvalue weighted by Gasteiger charge is -2.34. The minimum absolute atomic E-state index is 0.0414. The van der Waals surface area contributed by atoms with Crippen LogP contribution in [0.4, 0.5) is 5.69 Å². The van der Waals surface area contributed by atoms with Crippen molar-refractivity contribution < 1.29 is 19.2 Å². The van der Waals surface area contributed by atoms with Gasteiger partial charge in [0.25, 0.3) is 11.8 Å². The zero-order valence-corrected chi connectivity index (χ0v) is 35.6. The third-order valence-corrected chi connectivity index (χ3v) is 11.9. The van der Waals surface area contributed by atoms with Crippen LogP contribution < -0.4 is 27.0 Å². The van der Waals surface area contributed by atoms with Gasteiger partial charge in [-0.2, -0.15) is 0 Å². The van der Waals surface area contributed by atoms with Crippen LogP contribution in [-0.4, -0.2) is 154 Å². The third-order valence-electron chi connectivity index (χ3n) is 11.9. The van der Waals surface area contributed by atoms with E-state index < -0.39 is 0 Å². The van der Waals surface area contributed by atoms with Crippen molar-refractivity contribution in [2.75, 3.05) is 85.1 Å². The third kappa shape index (κ3) is 11.6. The number of fused-ring (bicyclic) bond motifs is 2. The number of aromatic nitrogens is 5. The van der Waals surface area contributed by atoms with E-state index in [-0.39, 0.29) is 43.3 Å². The molecule has 3 aliphatic heterocycles. The van der Waals surface area contributed by atoms with Gasteiger partial charge in [0.2, 0.25) is 11.8 Å². The van der Waals surface area contributed by atoms with Crippen molar-refractivity contribution in [1.82, 2.24) is 60.9 Å². The van der Waals surface area contributed by atoms with Gasteiger partial charge in [-0.05, 0) is 73.5 Å². The molecule has 330 valence electrons. The highest BCUT2D eigenvalue weighted by Crippen LogP contribution is 2.31. The van der Waals surface area contributed by atoms with Crippen molar-refractivity contribution in [3.63, 3.8) is 0 Å². The SMILES string of the molecule is NCC(=O)NCC(=O)NCc1cn(CCN2CCN(CCNC(=O)c3ccc4nc(-c5ccc(C6=Nc7ccc(C(=O)NCCN8CCCCC8)cc7C6)cc5)[nH]c4c3)CC2)nn1. The van der Waals surface area contributed by atoms with E-state index in [4.69, 9.17) is 15.7 Å².